The van der Waals surface area contributed by atoms with Crippen LogP contribution in [0, 0.1) is 0 Å². The third-order valence-electron chi connectivity index (χ3n) is 5.68. The number of ether oxygens (including phenoxy) is 2. The second kappa shape index (κ2) is 7.23. The van der Waals surface area contributed by atoms with E-state index in [0.717, 1.165) is 5.56 Å². The second-order valence-corrected chi connectivity index (χ2v) is 9.94. The van der Waals surface area contributed by atoms with Crippen LogP contribution in [0.5, 0.6) is 0 Å². The first-order valence-corrected chi connectivity index (χ1v) is 10.8. The van der Waals surface area contributed by atoms with Crippen LogP contribution < -0.4 is 0 Å². The van der Waals surface area contributed by atoms with Gasteiger partial charge in [0.15, 0.2) is 6.04 Å². The van der Waals surface area contributed by atoms with Crippen LogP contribution in [0.3, 0.4) is 0 Å². The van der Waals surface area contributed by atoms with Crippen molar-refractivity contribution in [2.24, 2.45) is 4.99 Å². The van der Waals surface area contributed by atoms with Crippen LogP contribution in [0.1, 0.15) is 35.3 Å². The average molecular weight is 436 g/mol. The zero-order valence-corrected chi connectivity index (χ0v) is 17.8. The fourth-order valence-corrected chi connectivity index (χ4v) is 5.77. The first-order chi connectivity index (χ1) is 14.9. The van der Waals surface area contributed by atoms with Crippen molar-refractivity contribution in [3.05, 3.63) is 71.3 Å². The number of rotatable bonds is 4. The van der Waals surface area contributed by atoms with Gasteiger partial charge in [0.1, 0.15) is 18.0 Å². The lowest BCUT2D eigenvalue weighted by Crippen LogP contribution is -2.65. The topological polar surface area (TPSA) is 85.3 Å². The summed E-state index contributed by atoms with van der Waals surface area (Å²) in [4.78, 5) is 43.9. The third-order valence-corrected chi connectivity index (χ3v) is 7.24. The number of esters is 2. The molecule has 3 aliphatic heterocycles. The van der Waals surface area contributed by atoms with Crippen molar-refractivity contribution >= 4 is 35.5 Å². The molecule has 1 amide bonds. The normalized spacial score (nSPS) is 26.8. The molecule has 0 saturated carbocycles. The Morgan fingerprint density at radius 3 is 2.52 bits per heavy atom. The lowest BCUT2D eigenvalue weighted by molar-refractivity contribution is -0.163. The number of carbonyl (C=O) groups is 3. The summed E-state index contributed by atoms with van der Waals surface area (Å²) in [7, 11) is 0. The number of hydrogen-bond acceptors (Lipinski definition) is 7. The van der Waals surface area contributed by atoms with Crippen LogP contribution in [0.25, 0.3) is 0 Å². The van der Waals surface area contributed by atoms with Crippen molar-refractivity contribution in [3.63, 3.8) is 0 Å². The Kier molecular flexibility index (Phi) is 4.62. The number of hydrogen-bond donors (Lipinski definition) is 0. The highest BCUT2D eigenvalue weighted by molar-refractivity contribution is 8.01. The lowest BCUT2D eigenvalue weighted by Gasteiger charge is -2.41. The molecule has 0 N–H and O–H groups in total. The van der Waals surface area contributed by atoms with Crippen LogP contribution >= 0.6 is 11.8 Å². The SMILES string of the molecule is CC1(C)S[C@H]2[C@H](N=C3OC(=O)c4ccccc43)C(=O)N2[C@H]1C(=O)OCc1ccccc1. The summed E-state index contributed by atoms with van der Waals surface area (Å²) in [6, 6.07) is 15.0. The summed E-state index contributed by atoms with van der Waals surface area (Å²) in [5.74, 6) is -1.01. The van der Waals surface area contributed by atoms with Crippen LogP contribution in [0.15, 0.2) is 59.6 Å². The van der Waals surface area contributed by atoms with Crippen molar-refractivity contribution in [1.82, 2.24) is 4.90 Å². The Bertz CT molecular complexity index is 1110. The van der Waals surface area contributed by atoms with E-state index in [0.29, 0.717) is 11.1 Å². The molecule has 0 aromatic heterocycles. The van der Waals surface area contributed by atoms with E-state index in [-0.39, 0.29) is 23.8 Å². The van der Waals surface area contributed by atoms with Gasteiger partial charge in [-0.15, -0.1) is 11.8 Å². The summed E-state index contributed by atoms with van der Waals surface area (Å²) in [6.45, 7) is 4.00. The van der Waals surface area contributed by atoms with Gasteiger partial charge in [0.25, 0.3) is 5.91 Å². The minimum absolute atomic E-state index is 0.155. The molecule has 7 nitrogen and oxygen atoms in total. The average Bonchev–Trinajstić information content (AvgIpc) is 3.22. The monoisotopic (exact) mass is 436 g/mol. The fraction of sp³-hybridized carbons (Fsp3) is 0.304. The number of cyclic esters (lactones) is 1. The van der Waals surface area contributed by atoms with Gasteiger partial charge in [-0.2, -0.15) is 0 Å². The number of β-lactam (4-membered cyclic amide) rings is 1. The van der Waals surface area contributed by atoms with E-state index < -0.39 is 28.8 Å². The summed E-state index contributed by atoms with van der Waals surface area (Å²) < 4.78 is 10.3. The highest BCUT2D eigenvalue weighted by Crippen LogP contribution is 2.52. The molecule has 5 rings (SSSR count). The summed E-state index contributed by atoms with van der Waals surface area (Å²) >= 11 is 1.51. The molecule has 2 aromatic carbocycles. The van der Waals surface area contributed by atoms with E-state index in [4.69, 9.17) is 9.47 Å². The number of carbonyl (C=O) groups excluding carboxylic acids is 3. The van der Waals surface area contributed by atoms with Crippen LogP contribution in [0.4, 0.5) is 0 Å². The fourth-order valence-electron chi connectivity index (χ4n) is 4.17. The molecule has 8 heteroatoms. The number of benzene rings is 2. The zero-order chi connectivity index (χ0) is 21.8. The van der Waals surface area contributed by atoms with Gasteiger partial charge in [0, 0.05) is 4.75 Å². The van der Waals surface area contributed by atoms with Crippen LogP contribution in [-0.2, 0) is 25.7 Å². The van der Waals surface area contributed by atoms with E-state index in [1.807, 2.05) is 44.2 Å². The highest BCUT2D eigenvalue weighted by atomic mass is 32.2. The summed E-state index contributed by atoms with van der Waals surface area (Å²) in [6.07, 6.45) is 0. The second-order valence-electron chi connectivity index (χ2n) is 8.17. The molecular formula is C23H20N2O5S. The van der Waals surface area contributed by atoms with Crippen molar-refractivity contribution in [2.45, 2.75) is 42.7 Å². The molecule has 0 aliphatic carbocycles. The lowest BCUT2D eigenvalue weighted by atomic mass is 9.96. The van der Waals surface area contributed by atoms with Gasteiger partial charge in [0.2, 0.25) is 5.90 Å². The van der Waals surface area contributed by atoms with Crippen molar-refractivity contribution in [1.29, 1.82) is 0 Å². The maximum Gasteiger partial charge on any atom is 0.345 e. The maximum atomic E-state index is 13.0. The minimum Gasteiger partial charge on any atom is -0.459 e. The largest absolute Gasteiger partial charge is 0.459 e. The molecule has 3 aliphatic rings. The van der Waals surface area contributed by atoms with E-state index in [9.17, 15) is 14.4 Å². The molecule has 3 heterocycles. The molecule has 0 unspecified atom stereocenters. The highest BCUT2D eigenvalue weighted by Gasteiger charge is 2.64. The van der Waals surface area contributed by atoms with E-state index in [1.165, 1.54) is 11.8 Å². The molecule has 2 saturated heterocycles. The van der Waals surface area contributed by atoms with Gasteiger partial charge in [0.05, 0.1) is 11.1 Å². The van der Waals surface area contributed by atoms with Gasteiger partial charge >= 0.3 is 11.9 Å². The molecule has 2 fully saturated rings. The van der Waals surface area contributed by atoms with Gasteiger partial charge in [-0.25, -0.2) is 14.6 Å². The van der Waals surface area contributed by atoms with Gasteiger partial charge in [-0.3, -0.25) is 4.79 Å². The first-order valence-electron chi connectivity index (χ1n) is 9.97. The molecule has 0 radical (unpaired) electrons. The molecule has 31 heavy (non-hydrogen) atoms. The van der Waals surface area contributed by atoms with Crippen molar-refractivity contribution < 1.29 is 23.9 Å². The molecule has 0 spiro atoms. The van der Waals surface area contributed by atoms with Gasteiger partial charge in [-0.1, -0.05) is 42.5 Å². The number of amides is 1. The van der Waals surface area contributed by atoms with Crippen molar-refractivity contribution in [3.8, 4) is 0 Å². The van der Waals surface area contributed by atoms with Crippen LogP contribution in [0.2, 0.25) is 0 Å². The molecule has 2 aromatic rings. The van der Waals surface area contributed by atoms with Gasteiger partial charge in [-0.05, 0) is 31.5 Å². The Hall–Kier alpha value is -3.13. The Morgan fingerprint density at radius 1 is 1.10 bits per heavy atom. The first kappa shape index (κ1) is 19.8. The number of aliphatic imine (C=N–C) groups is 1. The molecule has 158 valence electrons. The quantitative estimate of drug-likeness (QED) is 0.541. The van der Waals surface area contributed by atoms with E-state index in [2.05, 4.69) is 4.99 Å². The van der Waals surface area contributed by atoms with E-state index >= 15 is 0 Å². The molecule has 0 bridgehead atoms. The molecule has 3 atom stereocenters. The summed E-state index contributed by atoms with van der Waals surface area (Å²) in [5, 5.41) is -0.310. The van der Waals surface area contributed by atoms with Crippen molar-refractivity contribution in [2.75, 3.05) is 0 Å². The predicted octanol–water partition coefficient (Wildman–Crippen LogP) is 2.78. The smallest absolute Gasteiger partial charge is 0.345 e. The Labute approximate surface area is 183 Å². The molecular weight excluding hydrogens is 416 g/mol. The minimum atomic E-state index is -0.704. The number of fused-ring (bicyclic) bond motifs is 2. The third kappa shape index (κ3) is 3.22. The number of thioether (sulfide) groups is 1. The van der Waals surface area contributed by atoms with Gasteiger partial charge < -0.3 is 14.4 Å². The summed E-state index contributed by atoms with van der Waals surface area (Å²) in [5.41, 5.74) is 1.91. The zero-order valence-electron chi connectivity index (χ0n) is 17.0. The van der Waals surface area contributed by atoms with E-state index in [1.54, 1.807) is 29.2 Å². The number of nitrogens with zero attached hydrogens (tertiary/aromatic N) is 2. The Balaban J connectivity index is 1.34. The maximum absolute atomic E-state index is 13.0. The predicted molar refractivity (Wildman–Crippen MR) is 115 cm³/mol. The van der Waals surface area contributed by atoms with Crippen LogP contribution in [-0.4, -0.2) is 50.8 Å². The Morgan fingerprint density at radius 2 is 1.77 bits per heavy atom. The standard InChI is InChI=1S/C23H20N2O5S/c1-23(2)17(22(28)29-12-13-8-4-3-5-9-13)25-19(26)16(20(25)31-23)24-18-14-10-6-7-11-15(14)21(27)30-18/h3-11,16-17,20H,12H2,1-2H3/t16-,17+,20+/m1/s1.